The summed E-state index contributed by atoms with van der Waals surface area (Å²) >= 11 is 11.5. The Bertz CT molecular complexity index is 647. The van der Waals surface area contributed by atoms with Crippen molar-refractivity contribution in [3.8, 4) is 0 Å². The van der Waals surface area contributed by atoms with Crippen LogP contribution in [-0.2, 0) is 0 Å². The fourth-order valence-corrected chi connectivity index (χ4v) is 1.78. The summed E-state index contributed by atoms with van der Waals surface area (Å²) in [5.41, 5.74) is 1.43. The van der Waals surface area contributed by atoms with Crippen LogP contribution in [0.15, 0.2) is 30.5 Å². The van der Waals surface area contributed by atoms with Crippen LogP contribution < -0.4 is 5.32 Å². The summed E-state index contributed by atoms with van der Waals surface area (Å²) in [6.45, 7) is 1.70. The van der Waals surface area contributed by atoms with Crippen molar-refractivity contribution in [3.63, 3.8) is 0 Å². The van der Waals surface area contributed by atoms with Crippen LogP contribution in [0.25, 0.3) is 0 Å². The number of nitrogens with one attached hydrogen (secondary N) is 1. The Morgan fingerprint density at radius 3 is 2.68 bits per heavy atom. The lowest BCUT2D eigenvalue weighted by molar-refractivity contribution is 0.102. The van der Waals surface area contributed by atoms with Crippen molar-refractivity contribution in [2.75, 3.05) is 5.32 Å². The predicted molar refractivity (Wildman–Crippen MR) is 73.3 cm³/mol. The maximum absolute atomic E-state index is 13.0. The Hall–Kier alpha value is -1.65. The third-order valence-electron chi connectivity index (χ3n) is 2.50. The second-order valence-corrected chi connectivity index (χ2v) is 4.68. The fourth-order valence-electron chi connectivity index (χ4n) is 1.51. The van der Waals surface area contributed by atoms with Crippen LogP contribution in [0.1, 0.15) is 15.9 Å². The average Bonchev–Trinajstić information content (AvgIpc) is 2.36. The average molecular weight is 299 g/mol. The van der Waals surface area contributed by atoms with Crippen LogP contribution in [0.5, 0.6) is 0 Å². The first-order valence-corrected chi connectivity index (χ1v) is 6.11. The topological polar surface area (TPSA) is 42.0 Å². The van der Waals surface area contributed by atoms with Gasteiger partial charge in [-0.1, -0.05) is 23.2 Å². The highest BCUT2D eigenvalue weighted by molar-refractivity contribution is 6.41. The number of hydrogen-bond donors (Lipinski definition) is 1. The number of pyridine rings is 1. The van der Waals surface area contributed by atoms with Crippen molar-refractivity contribution in [2.45, 2.75) is 6.92 Å². The lowest BCUT2D eigenvalue weighted by atomic mass is 10.2. The van der Waals surface area contributed by atoms with Gasteiger partial charge in [0.05, 0.1) is 10.6 Å². The van der Waals surface area contributed by atoms with Crippen molar-refractivity contribution < 1.29 is 9.18 Å². The van der Waals surface area contributed by atoms with Gasteiger partial charge in [-0.15, -0.1) is 0 Å². The fraction of sp³-hybridized carbons (Fsp3) is 0.0769. The second kappa shape index (κ2) is 5.55. The SMILES string of the molecule is Cc1cc(F)ccc1NC(=O)c1cnc(Cl)c(Cl)c1. The quantitative estimate of drug-likeness (QED) is 0.849. The smallest absolute Gasteiger partial charge is 0.257 e. The van der Waals surface area contributed by atoms with E-state index in [1.165, 1.54) is 30.5 Å². The van der Waals surface area contributed by atoms with E-state index in [0.717, 1.165) is 0 Å². The minimum atomic E-state index is -0.388. The molecule has 0 unspecified atom stereocenters. The van der Waals surface area contributed by atoms with Gasteiger partial charge in [-0.2, -0.15) is 0 Å². The van der Waals surface area contributed by atoms with Crippen molar-refractivity contribution in [2.24, 2.45) is 0 Å². The molecule has 1 heterocycles. The summed E-state index contributed by atoms with van der Waals surface area (Å²) in [7, 11) is 0. The van der Waals surface area contributed by atoms with Crippen LogP contribution >= 0.6 is 23.2 Å². The summed E-state index contributed by atoms with van der Waals surface area (Å²) in [6.07, 6.45) is 1.32. The molecule has 0 spiro atoms. The Morgan fingerprint density at radius 1 is 1.32 bits per heavy atom. The van der Waals surface area contributed by atoms with E-state index in [0.29, 0.717) is 11.3 Å². The molecule has 1 aromatic heterocycles. The van der Waals surface area contributed by atoms with E-state index in [1.54, 1.807) is 6.92 Å². The van der Waals surface area contributed by atoms with Gasteiger partial charge in [0.2, 0.25) is 0 Å². The largest absolute Gasteiger partial charge is 0.322 e. The third-order valence-corrected chi connectivity index (χ3v) is 3.18. The number of halogens is 3. The third kappa shape index (κ3) is 3.22. The first-order valence-electron chi connectivity index (χ1n) is 5.36. The van der Waals surface area contributed by atoms with Crippen molar-refractivity contribution in [3.05, 3.63) is 57.6 Å². The predicted octanol–water partition coefficient (Wildman–Crippen LogP) is 4.09. The first kappa shape index (κ1) is 13.8. The highest BCUT2D eigenvalue weighted by Gasteiger charge is 2.10. The molecule has 0 fully saturated rings. The standard InChI is InChI=1S/C13H9Cl2FN2O/c1-7-4-9(16)2-3-11(7)18-13(19)8-5-10(14)12(15)17-6-8/h2-6H,1H3,(H,18,19). The van der Waals surface area contributed by atoms with Gasteiger partial charge < -0.3 is 5.32 Å². The molecule has 0 aliphatic heterocycles. The summed E-state index contributed by atoms with van der Waals surface area (Å²) in [5, 5.41) is 2.99. The number of hydrogen-bond acceptors (Lipinski definition) is 2. The second-order valence-electron chi connectivity index (χ2n) is 3.91. The van der Waals surface area contributed by atoms with E-state index in [4.69, 9.17) is 23.2 Å². The molecule has 0 radical (unpaired) electrons. The molecule has 98 valence electrons. The number of carbonyl (C=O) groups excluding carboxylic acids is 1. The molecule has 0 atom stereocenters. The molecule has 0 saturated carbocycles. The van der Waals surface area contributed by atoms with Gasteiger partial charge in [-0.05, 0) is 36.8 Å². The number of benzene rings is 1. The van der Waals surface area contributed by atoms with E-state index in [1.807, 2.05) is 0 Å². The molecule has 2 rings (SSSR count). The van der Waals surface area contributed by atoms with E-state index in [9.17, 15) is 9.18 Å². The number of amides is 1. The van der Waals surface area contributed by atoms with Crippen molar-refractivity contribution in [1.29, 1.82) is 0 Å². The molecule has 1 N–H and O–H groups in total. The van der Waals surface area contributed by atoms with Gasteiger partial charge in [-0.25, -0.2) is 9.37 Å². The molecule has 0 aliphatic carbocycles. The van der Waals surface area contributed by atoms with Gasteiger partial charge in [0.1, 0.15) is 11.0 Å². The zero-order valence-electron chi connectivity index (χ0n) is 9.88. The van der Waals surface area contributed by atoms with E-state index in [-0.39, 0.29) is 27.5 Å². The molecular weight excluding hydrogens is 290 g/mol. The molecular formula is C13H9Cl2FN2O. The van der Waals surface area contributed by atoms with Crippen molar-refractivity contribution >= 4 is 34.8 Å². The molecule has 0 bridgehead atoms. The molecule has 0 saturated heterocycles. The normalized spacial score (nSPS) is 10.3. The number of aromatic nitrogens is 1. The van der Waals surface area contributed by atoms with Crippen molar-refractivity contribution in [1.82, 2.24) is 4.98 Å². The minimum Gasteiger partial charge on any atom is -0.322 e. The first-order chi connectivity index (χ1) is 8.97. The maximum Gasteiger partial charge on any atom is 0.257 e. The Kier molecular flexibility index (Phi) is 4.02. The monoisotopic (exact) mass is 298 g/mol. The molecule has 0 aliphatic rings. The summed E-state index contributed by atoms with van der Waals surface area (Å²) in [4.78, 5) is 15.8. The summed E-state index contributed by atoms with van der Waals surface area (Å²) in [5.74, 6) is -0.743. The lowest BCUT2D eigenvalue weighted by Gasteiger charge is -2.08. The van der Waals surface area contributed by atoms with Gasteiger partial charge in [-0.3, -0.25) is 4.79 Å². The van der Waals surface area contributed by atoms with E-state index in [2.05, 4.69) is 10.3 Å². The number of rotatable bonds is 2. The summed E-state index contributed by atoms with van der Waals surface area (Å²) in [6, 6.07) is 5.52. The molecule has 1 aromatic carbocycles. The lowest BCUT2D eigenvalue weighted by Crippen LogP contribution is -2.13. The number of anilines is 1. The van der Waals surface area contributed by atoms with Gasteiger partial charge >= 0.3 is 0 Å². The highest BCUT2D eigenvalue weighted by atomic mass is 35.5. The van der Waals surface area contributed by atoms with Gasteiger partial charge in [0.25, 0.3) is 5.91 Å². The van der Waals surface area contributed by atoms with Crippen LogP contribution in [0.4, 0.5) is 10.1 Å². The number of aryl methyl sites for hydroxylation is 1. The zero-order valence-corrected chi connectivity index (χ0v) is 11.4. The highest BCUT2D eigenvalue weighted by Crippen LogP contribution is 2.21. The Morgan fingerprint density at radius 2 is 2.05 bits per heavy atom. The van der Waals surface area contributed by atoms with Crippen LogP contribution in [-0.4, -0.2) is 10.9 Å². The maximum atomic E-state index is 13.0. The molecule has 3 nitrogen and oxygen atoms in total. The Balaban J connectivity index is 2.23. The van der Waals surface area contributed by atoms with Crippen LogP contribution in [0.2, 0.25) is 10.2 Å². The van der Waals surface area contributed by atoms with E-state index < -0.39 is 0 Å². The number of carbonyl (C=O) groups is 1. The van der Waals surface area contributed by atoms with Gasteiger partial charge in [0.15, 0.2) is 0 Å². The zero-order chi connectivity index (χ0) is 14.0. The molecule has 6 heteroatoms. The van der Waals surface area contributed by atoms with Gasteiger partial charge in [0, 0.05) is 11.9 Å². The molecule has 1 amide bonds. The van der Waals surface area contributed by atoms with Crippen LogP contribution in [0.3, 0.4) is 0 Å². The number of nitrogens with zero attached hydrogens (tertiary/aromatic N) is 1. The molecule has 19 heavy (non-hydrogen) atoms. The Labute approximate surface area is 119 Å². The minimum absolute atomic E-state index is 0.135. The summed E-state index contributed by atoms with van der Waals surface area (Å²) < 4.78 is 13.0. The van der Waals surface area contributed by atoms with Crippen LogP contribution in [0, 0.1) is 12.7 Å². The van der Waals surface area contributed by atoms with E-state index >= 15 is 0 Å². The molecule has 2 aromatic rings.